The van der Waals surface area contributed by atoms with Crippen molar-refractivity contribution in [3.63, 3.8) is 0 Å². The van der Waals surface area contributed by atoms with Crippen molar-refractivity contribution in [2.45, 2.75) is 30.7 Å². The van der Waals surface area contributed by atoms with Gasteiger partial charge < -0.3 is 15.0 Å². The summed E-state index contributed by atoms with van der Waals surface area (Å²) in [6.07, 6.45) is 1.74. The standard InChI is InChI=1S/C17H26ClN3O4S/c1-4-21(12-17(22)19-13-7-9-20(2)10-8-13)26(23,24)14-5-6-16(25-3)15(18)11-14/h5-6,11,13H,4,7-10,12H2,1-3H3,(H,19,22). The average Bonchev–Trinajstić information content (AvgIpc) is 2.61. The normalized spacial score (nSPS) is 16.7. The molecule has 0 saturated carbocycles. The fraction of sp³-hybridized carbons (Fsp3) is 0.588. The molecule has 1 aromatic carbocycles. The number of carbonyl (C=O) groups is 1. The van der Waals surface area contributed by atoms with Crippen molar-refractivity contribution in [3.8, 4) is 5.75 Å². The van der Waals surface area contributed by atoms with Crippen LogP contribution in [0, 0.1) is 0 Å². The number of nitrogens with zero attached hydrogens (tertiary/aromatic N) is 2. The zero-order valence-electron chi connectivity index (χ0n) is 15.4. The highest BCUT2D eigenvalue weighted by atomic mass is 35.5. The Morgan fingerprint density at radius 2 is 2.04 bits per heavy atom. The smallest absolute Gasteiger partial charge is 0.243 e. The predicted octanol–water partition coefficient (Wildman–Crippen LogP) is 1.57. The first-order valence-corrected chi connectivity index (χ1v) is 10.4. The molecule has 146 valence electrons. The Labute approximate surface area is 160 Å². The van der Waals surface area contributed by atoms with E-state index in [0.29, 0.717) is 5.75 Å². The summed E-state index contributed by atoms with van der Waals surface area (Å²) in [6, 6.07) is 4.36. The highest BCUT2D eigenvalue weighted by Crippen LogP contribution is 2.28. The molecule has 26 heavy (non-hydrogen) atoms. The second-order valence-electron chi connectivity index (χ2n) is 6.37. The van der Waals surface area contributed by atoms with Gasteiger partial charge in [-0.15, -0.1) is 0 Å². The molecule has 0 aliphatic carbocycles. The Bertz CT molecular complexity index is 734. The highest BCUT2D eigenvalue weighted by molar-refractivity contribution is 7.89. The van der Waals surface area contributed by atoms with Crippen LogP contribution < -0.4 is 10.1 Å². The number of rotatable bonds is 7. The molecule has 0 aromatic heterocycles. The van der Waals surface area contributed by atoms with Gasteiger partial charge >= 0.3 is 0 Å². The quantitative estimate of drug-likeness (QED) is 0.747. The molecule has 7 nitrogen and oxygen atoms in total. The van der Waals surface area contributed by atoms with Crippen LogP contribution >= 0.6 is 11.6 Å². The molecular weight excluding hydrogens is 378 g/mol. The zero-order chi connectivity index (χ0) is 19.3. The monoisotopic (exact) mass is 403 g/mol. The lowest BCUT2D eigenvalue weighted by atomic mass is 10.1. The van der Waals surface area contributed by atoms with Gasteiger partial charge in [0.25, 0.3) is 0 Å². The number of halogens is 1. The topological polar surface area (TPSA) is 79.0 Å². The number of nitrogens with one attached hydrogen (secondary N) is 1. The Morgan fingerprint density at radius 3 is 2.58 bits per heavy atom. The molecule has 0 atom stereocenters. The maximum absolute atomic E-state index is 12.8. The van der Waals surface area contributed by atoms with Crippen LogP contribution in [0.15, 0.2) is 23.1 Å². The van der Waals surface area contributed by atoms with E-state index >= 15 is 0 Å². The van der Waals surface area contributed by atoms with Crippen LogP contribution in [-0.4, -0.2) is 69.9 Å². The Morgan fingerprint density at radius 1 is 1.38 bits per heavy atom. The first-order chi connectivity index (χ1) is 12.3. The van der Waals surface area contributed by atoms with Gasteiger partial charge in [-0.05, 0) is 51.2 Å². The number of amides is 1. The maximum atomic E-state index is 12.8. The van der Waals surface area contributed by atoms with Gasteiger partial charge in [-0.3, -0.25) is 4.79 Å². The van der Waals surface area contributed by atoms with Gasteiger partial charge in [0, 0.05) is 12.6 Å². The van der Waals surface area contributed by atoms with Crippen LogP contribution in [0.1, 0.15) is 19.8 Å². The molecule has 2 rings (SSSR count). The van der Waals surface area contributed by atoms with Crippen LogP contribution in [0.4, 0.5) is 0 Å². The summed E-state index contributed by atoms with van der Waals surface area (Å²) in [5, 5.41) is 3.15. The van der Waals surface area contributed by atoms with Crippen molar-refractivity contribution < 1.29 is 17.9 Å². The lowest BCUT2D eigenvalue weighted by Crippen LogP contribution is -2.47. The Hall–Kier alpha value is -1.35. The number of sulfonamides is 1. The van der Waals surface area contributed by atoms with Gasteiger partial charge in [0.1, 0.15) is 5.75 Å². The summed E-state index contributed by atoms with van der Waals surface area (Å²) in [6.45, 7) is 3.52. The van der Waals surface area contributed by atoms with E-state index in [1.807, 2.05) is 7.05 Å². The zero-order valence-corrected chi connectivity index (χ0v) is 16.9. The van der Waals surface area contributed by atoms with Crippen LogP contribution in [0.3, 0.4) is 0 Å². The van der Waals surface area contributed by atoms with E-state index in [2.05, 4.69) is 10.2 Å². The fourth-order valence-corrected chi connectivity index (χ4v) is 4.66. The summed E-state index contributed by atoms with van der Waals surface area (Å²) in [7, 11) is -0.315. The second kappa shape index (κ2) is 9.03. The van der Waals surface area contributed by atoms with Gasteiger partial charge in [0.15, 0.2) is 0 Å². The summed E-state index contributed by atoms with van der Waals surface area (Å²) in [4.78, 5) is 14.6. The fourth-order valence-electron chi connectivity index (χ4n) is 2.91. The highest BCUT2D eigenvalue weighted by Gasteiger charge is 2.27. The van der Waals surface area contributed by atoms with Crippen molar-refractivity contribution >= 4 is 27.5 Å². The second-order valence-corrected chi connectivity index (χ2v) is 8.72. The number of carbonyl (C=O) groups excluding carboxylic acids is 1. The van der Waals surface area contributed by atoms with Crippen LogP contribution in [0.2, 0.25) is 5.02 Å². The molecule has 1 aromatic rings. The molecule has 9 heteroatoms. The third-order valence-corrected chi connectivity index (χ3v) is 6.73. The minimum Gasteiger partial charge on any atom is -0.495 e. The van der Waals surface area contributed by atoms with Crippen molar-refractivity contribution in [2.75, 3.05) is 40.3 Å². The Kier molecular flexibility index (Phi) is 7.28. The van der Waals surface area contributed by atoms with E-state index < -0.39 is 10.0 Å². The molecule has 0 unspecified atom stereocenters. The number of likely N-dealkylation sites (N-methyl/N-ethyl adjacent to an activating group) is 1. The average molecular weight is 404 g/mol. The number of methoxy groups -OCH3 is 1. The summed E-state index contributed by atoms with van der Waals surface area (Å²) < 4.78 is 31.8. The predicted molar refractivity (Wildman–Crippen MR) is 101 cm³/mol. The van der Waals surface area contributed by atoms with Gasteiger partial charge in [-0.25, -0.2) is 8.42 Å². The van der Waals surface area contributed by atoms with Crippen LogP contribution in [0.25, 0.3) is 0 Å². The number of hydrogen-bond acceptors (Lipinski definition) is 5. The number of ether oxygens (including phenoxy) is 1. The molecule has 0 radical (unpaired) electrons. The molecule has 0 spiro atoms. The van der Waals surface area contributed by atoms with Gasteiger partial charge in [-0.1, -0.05) is 18.5 Å². The van der Waals surface area contributed by atoms with Gasteiger partial charge in [-0.2, -0.15) is 4.31 Å². The number of benzene rings is 1. The van der Waals surface area contributed by atoms with Crippen molar-refractivity contribution in [3.05, 3.63) is 23.2 Å². The van der Waals surface area contributed by atoms with Crippen molar-refractivity contribution in [1.82, 2.24) is 14.5 Å². The van der Waals surface area contributed by atoms with E-state index in [4.69, 9.17) is 16.3 Å². The number of hydrogen-bond donors (Lipinski definition) is 1. The molecule has 1 fully saturated rings. The molecule has 1 heterocycles. The molecule has 1 N–H and O–H groups in total. The molecule has 1 amide bonds. The Balaban J connectivity index is 2.06. The lowest BCUT2D eigenvalue weighted by molar-refractivity contribution is -0.122. The van der Waals surface area contributed by atoms with E-state index in [-0.39, 0.29) is 35.0 Å². The molecular formula is C17H26ClN3O4S. The molecule has 1 aliphatic rings. The minimum absolute atomic E-state index is 0.0391. The first-order valence-electron chi connectivity index (χ1n) is 8.59. The molecule has 1 aliphatic heterocycles. The molecule has 1 saturated heterocycles. The lowest BCUT2D eigenvalue weighted by Gasteiger charge is -2.30. The summed E-state index contributed by atoms with van der Waals surface area (Å²) in [5.74, 6) is 0.110. The summed E-state index contributed by atoms with van der Waals surface area (Å²) in [5.41, 5.74) is 0. The first kappa shape index (κ1) is 21.0. The number of piperidine rings is 1. The van der Waals surface area contributed by atoms with Crippen molar-refractivity contribution in [1.29, 1.82) is 0 Å². The SMILES string of the molecule is CCN(CC(=O)NC1CCN(C)CC1)S(=O)(=O)c1ccc(OC)c(Cl)c1. The minimum atomic E-state index is -3.82. The van der Waals surface area contributed by atoms with E-state index in [1.165, 1.54) is 25.3 Å². The maximum Gasteiger partial charge on any atom is 0.243 e. The number of likely N-dealkylation sites (tertiary alicyclic amines) is 1. The third-order valence-electron chi connectivity index (χ3n) is 4.52. The van der Waals surface area contributed by atoms with Crippen LogP contribution in [-0.2, 0) is 14.8 Å². The largest absolute Gasteiger partial charge is 0.495 e. The third kappa shape index (κ3) is 5.09. The van der Waals surface area contributed by atoms with Crippen molar-refractivity contribution in [2.24, 2.45) is 0 Å². The van der Waals surface area contributed by atoms with Gasteiger partial charge in [0.2, 0.25) is 15.9 Å². The van der Waals surface area contributed by atoms with Gasteiger partial charge in [0.05, 0.1) is 23.6 Å². The van der Waals surface area contributed by atoms with E-state index in [9.17, 15) is 13.2 Å². The van der Waals surface area contributed by atoms with E-state index in [1.54, 1.807) is 6.92 Å². The van der Waals surface area contributed by atoms with E-state index in [0.717, 1.165) is 30.2 Å². The summed E-state index contributed by atoms with van der Waals surface area (Å²) >= 11 is 6.04. The van der Waals surface area contributed by atoms with Crippen LogP contribution in [0.5, 0.6) is 5.75 Å². The molecule has 0 bridgehead atoms.